The molecule has 0 saturated heterocycles. The van der Waals surface area contributed by atoms with Gasteiger partial charge in [-0.25, -0.2) is 4.98 Å². The fraction of sp³-hybridized carbons (Fsp3) is 0.692. The molecule has 18 heavy (non-hydrogen) atoms. The van der Waals surface area contributed by atoms with Crippen molar-refractivity contribution in [3.05, 3.63) is 18.2 Å². The summed E-state index contributed by atoms with van der Waals surface area (Å²) in [5.41, 5.74) is 5.98. The number of nitrogens with two attached hydrogens (primary N) is 1. The molecule has 1 heterocycles. The molecule has 1 atom stereocenters. The largest absolute Gasteiger partial charge is 0.337 e. The minimum absolute atomic E-state index is 0.0514. The summed E-state index contributed by atoms with van der Waals surface area (Å²) in [5.74, 6) is 1.13. The maximum atomic E-state index is 12.4. The van der Waals surface area contributed by atoms with Crippen LogP contribution in [0.4, 0.5) is 0 Å². The number of aromatic nitrogens is 2. The Morgan fingerprint density at radius 3 is 2.72 bits per heavy atom. The number of amides is 1. The summed E-state index contributed by atoms with van der Waals surface area (Å²) < 4.78 is 1.95. The first-order valence-electron chi connectivity index (χ1n) is 6.53. The van der Waals surface area contributed by atoms with E-state index < -0.39 is 6.04 Å². The van der Waals surface area contributed by atoms with E-state index >= 15 is 0 Å². The van der Waals surface area contributed by atoms with Crippen LogP contribution in [0.1, 0.15) is 32.5 Å². The average Bonchev–Trinajstić information content (AvgIpc) is 3.09. The lowest BCUT2D eigenvalue weighted by Gasteiger charge is -2.27. The molecule has 5 nitrogen and oxygen atoms in total. The summed E-state index contributed by atoms with van der Waals surface area (Å²) in [7, 11) is 1.94. The molecule has 1 amide bonds. The summed E-state index contributed by atoms with van der Waals surface area (Å²) in [6.07, 6.45) is 5.82. The van der Waals surface area contributed by atoms with E-state index in [9.17, 15) is 4.79 Å². The van der Waals surface area contributed by atoms with Crippen LogP contribution in [0.15, 0.2) is 12.4 Å². The van der Waals surface area contributed by atoms with Crippen molar-refractivity contribution in [2.24, 2.45) is 18.7 Å². The Kier molecular flexibility index (Phi) is 3.71. The highest BCUT2D eigenvalue weighted by molar-refractivity contribution is 5.82. The monoisotopic (exact) mass is 250 g/mol. The zero-order chi connectivity index (χ0) is 13.3. The van der Waals surface area contributed by atoms with E-state index in [0.29, 0.717) is 12.6 Å². The zero-order valence-electron chi connectivity index (χ0n) is 11.3. The van der Waals surface area contributed by atoms with Gasteiger partial charge in [0.2, 0.25) is 5.91 Å². The fourth-order valence-corrected chi connectivity index (χ4v) is 1.95. The minimum Gasteiger partial charge on any atom is -0.337 e. The minimum atomic E-state index is -0.411. The van der Waals surface area contributed by atoms with Crippen molar-refractivity contribution in [3.8, 4) is 0 Å². The lowest BCUT2D eigenvalue weighted by atomic mass is 10.0. The highest BCUT2D eigenvalue weighted by Gasteiger charge is 2.36. The van der Waals surface area contributed by atoms with Crippen molar-refractivity contribution in [2.75, 3.05) is 0 Å². The van der Waals surface area contributed by atoms with Crippen LogP contribution in [-0.4, -0.2) is 32.4 Å². The van der Waals surface area contributed by atoms with Crippen molar-refractivity contribution < 1.29 is 4.79 Å². The molecule has 0 unspecified atom stereocenters. The SMILES string of the molecule is CC(C)[C@H](N)C(=O)N(Cc1nccn1C)C1CC1. The second-order valence-corrected chi connectivity index (χ2v) is 5.42. The number of nitrogens with zero attached hydrogens (tertiary/aromatic N) is 3. The Bertz CT molecular complexity index is 422. The van der Waals surface area contributed by atoms with Crippen molar-refractivity contribution in [1.29, 1.82) is 0 Å². The first-order chi connectivity index (χ1) is 8.50. The van der Waals surface area contributed by atoms with Gasteiger partial charge in [-0.2, -0.15) is 0 Å². The maximum absolute atomic E-state index is 12.4. The van der Waals surface area contributed by atoms with E-state index in [4.69, 9.17) is 5.73 Å². The standard InChI is InChI=1S/C13H22N4O/c1-9(2)12(14)13(18)17(10-4-5-10)8-11-15-6-7-16(11)3/h6-7,9-10,12H,4-5,8,14H2,1-3H3/t12-/m0/s1. The lowest BCUT2D eigenvalue weighted by molar-refractivity contribution is -0.134. The third kappa shape index (κ3) is 2.72. The van der Waals surface area contributed by atoms with Crippen LogP contribution >= 0.6 is 0 Å². The van der Waals surface area contributed by atoms with Crippen LogP contribution in [0.3, 0.4) is 0 Å². The molecule has 1 aliphatic carbocycles. The molecule has 1 aromatic rings. The van der Waals surface area contributed by atoms with Gasteiger partial charge in [-0.3, -0.25) is 4.79 Å². The third-order valence-electron chi connectivity index (χ3n) is 3.51. The number of carbonyl (C=O) groups is 1. The number of carbonyl (C=O) groups excluding carboxylic acids is 1. The normalized spacial score (nSPS) is 16.9. The van der Waals surface area contributed by atoms with Crippen LogP contribution in [0.25, 0.3) is 0 Å². The first kappa shape index (κ1) is 13.1. The third-order valence-corrected chi connectivity index (χ3v) is 3.51. The van der Waals surface area contributed by atoms with Gasteiger partial charge < -0.3 is 15.2 Å². The molecule has 0 aromatic carbocycles. The van der Waals surface area contributed by atoms with Crippen LogP contribution in [0.2, 0.25) is 0 Å². The van der Waals surface area contributed by atoms with Gasteiger partial charge in [-0.15, -0.1) is 0 Å². The number of imidazole rings is 1. The number of aryl methyl sites for hydroxylation is 1. The van der Waals surface area contributed by atoms with Crippen LogP contribution < -0.4 is 5.73 Å². The van der Waals surface area contributed by atoms with E-state index in [1.807, 2.05) is 36.6 Å². The predicted molar refractivity (Wildman–Crippen MR) is 69.6 cm³/mol. The van der Waals surface area contributed by atoms with Gasteiger partial charge in [-0.1, -0.05) is 13.8 Å². The van der Waals surface area contributed by atoms with Gasteiger partial charge in [-0.05, 0) is 18.8 Å². The molecular weight excluding hydrogens is 228 g/mol. The molecule has 1 saturated carbocycles. The molecular formula is C13H22N4O. The molecule has 2 rings (SSSR count). The van der Waals surface area contributed by atoms with E-state index in [0.717, 1.165) is 18.7 Å². The second-order valence-electron chi connectivity index (χ2n) is 5.42. The molecule has 0 radical (unpaired) electrons. The van der Waals surface area contributed by atoms with Crippen LogP contribution in [0, 0.1) is 5.92 Å². The lowest BCUT2D eigenvalue weighted by Crippen LogP contribution is -2.47. The summed E-state index contributed by atoms with van der Waals surface area (Å²) >= 11 is 0. The summed E-state index contributed by atoms with van der Waals surface area (Å²) in [4.78, 5) is 18.5. The van der Waals surface area contributed by atoms with Gasteiger partial charge in [0, 0.05) is 25.5 Å². The quantitative estimate of drug-likeness (QED) is 0.844. The first-order valence-corrected chi connectivity index (χ1v) is 6.53. The maximum Gasteiger partial charge on any atom is 0.240 e. The van der Waals surface area contributed by atoms with Gasteiger partial charge in [0.05, 0.1) is 12.6 Å². The number of hydrogen-bond donors (Lipinski definition) is 1. The Labute approximate surface area is 108 Å². The van der Waals surface area contributed by atoms with Gasteiger partial charge >= 0.3 is 0 Å². The van der Waals surface area contributed by atoms with E-state index in [1.165, 1.54) is 0 Å². The fourth-order valence-electron chi connectivity index (χ4n) is 1.95. The molecule has 1 aliphatic rings. The van der Waals surface area contributed by atoms with Crippen molar-refractivity contribution in [2.45, 2.75) is 45.3 Å². The Morgan fingerprint density at radius 2 is 2.28 bits per heavy atom. The van der Waals surface area contributed by atoms with E-state index in [-0.39, 0.29) is 11.8 Å². The van der Waals surface area contributed by atoms with Gasteiger partial charge in [0.25, 0.3) is 0 Å². The van der Waals surface area contributed by atoms with E-state index in [2.05, 4.69) is 4.98 Å². The number of rotatable bonds is 5. The summed E-state index contributed by atoms with van der Waals surface area (Å²) in [5, 5.41) is 0. The average molecular weight is 250 g/mol. The van der Waals surface area contributed by atoms with Crippen molar-refractivity contribution >= 4 is 5.91 Å². The molecule has 0 aliphatic heterocycles. The Balaban J connectivity index is 2.09. The number of hydrogen-bond acceptors (Lipinski definition) is 3. The molecule has 5 heteroatoms. The molecule has 0 bridgehead atoms. The van der Waals surface area contributed by atoms with Crippen molar-refractivity contribution in [1.82, 2.24) is 14.5 Å². The van der Waals surface area contributed by atoms with E-state index in [1.54, 1.807) is 6.20 Å². The predicted octanol–water partition coefficient (Wildman–Crippen LogP) is 0.894. The Hall–Kier alpha value is -1.36. The molecule has 2 N–H and O–H groups in total. The van der Waals surface area contributed by atoms with Gasteiger partial charge in [0.15, 0.2) is 0 Å². The summed E-state index contributed by atoms with van der Waals surface area (Å²) in [6.45, 7) is 4.52. The molecule has 1 fully saturated rings. The highest BCUT2D eigenvalue weighted by atomic mass is 16.2. The Morgan fingerprint density at radius 1 is 1.61 bits per heavy atom. The molecule has 100 valence electrons. The van der Waals surface area contributed by atoms with Gasteiger partial charge in [0.1, 0.15) is 5.82 Å². The van der Waals surface area contributed by atoms with Crippen LogP contribution in [0.5, 0.6) is 0 Å². The molecule has 1 aromatic heterocycles. The topological polar surface area (TPSA) is 64.2 Å². The summed E-state index contributed by atoms with van der Waals surface area (Å²) in [6, 6.07) is -0.0510. The molecule has 0 spiro atoms. The zero-order valence-corrected chi connectivity index (χ0v) is 11.3. The van der Waals surface area contributed by atoms with Crippen LogP contribution in [-0.2, 0) is 18.4 Å². The highest BCUT2D eigenvalue weighted by Crippen LogP contribution is 2.29. The van der Waals surface area contributed by atoms with Crippen molar-refractivity contribution in [3.63, 3.8) is 0 Å². The smallest absolute Gasteiger partial charge is 0.240 e. The second kappa shape index (κ2) is 5.10.